The maximum atomic E-state index is 14.0. The van der Waals surface area contributed by atoms with Gasteiger partial charge < -0.3 is 19.2 Å². The molecular formula is C23H16F3N5O4. The van der Waals surface area contributed by atoms with Crippen LogP contribution in [0.2, 0.25) is 0 Å². The molecule has 0 aliphatic carbocycles. The number of halogens is 3. The van der Waals surface area contributed by atoms with E-state index in [1.165, 1.54) is 32.4 Å². The molecule has 2 aromatic carbocycles. The van der Waals surface area contributed by atoms with Gasteiger partial charge in [-0.15, -0.1) is 10.2 Å². The van der Waals surface area contributed by atoms with Crippen LogP contribution >= 0.6 is 0 Å². The van der Waals surface area contributed by atoms with E-state index in [9.17, 15) is 18.0 Å². The number of alkyl halides is 3. The lowest BCUT2D eigenvalue weighted by molar-refractivity contribution is -0.143. The summed E-state index contributed by atoms with van der Waals surface area (Å²) in [7, 11) is 2.73. The third kappa shape index (κ3) is 3.88. The molecule has 1 amide bonds. The summed E-state index contributed by atoms with van der Waals surface area (Å²) in [6.07, 6.45) is -4.10. The number of ether oxygens (including phenoxy) is 2. The summed E-state index contributed by atoms with van der Waals surface area (Å²) >= 11 is 0. The number of fused-ring (bicyclic) bond motifs is 3. The van der Waals surface area contributed by atoms with Crippen molar-refractivity contribution in [2.45, 2.75) is 6.18 Å². The van der Waals surface area contributed by atoms with E-state index in [2.05, 4.69) is 20.6 Å². The number of furan rings is 1. The average Bonchev–Trinajstić information content (AvgIpc) is 3.45. The summed E-state index contributed by atoms with van der Waals surface area (Å²) in [6.45, 7) is 0. The first-order valence-electron chi connectivity index (χ1n) is 10.1. The number of hydrogen-bond acceptors (Lipinski definition) is 7. The minimum Gasteiger partial charge on any atom is -0.495 e. The van der Waals surface area contributed by atoms with E-state index in [-0.39, 0.29) is 23.1 Å². The Morgan fingerprint density at radius 1 is 1.00 bits per heavy atom. The van der Waals surface area contributed by atoms with Gasteiger partial charge in [0, 0.05) is 22.9 Å². The molecule has 0 atom stereocenters. The van der Waals surface area contributed by atoms with Crippen LogP contribution < -0.4 is 14.8 Å². The summed E-state index contributed by atoms with van der Waals surface area (Å²) in [5.74, 6) is -0.919. The largest absolute Gasteiger partial charge is 0.495 e. The van der Waals surface area contributed by atoms with Gasteiger partial charge in [0.05, 0.1) is 31.7 Å². The topological polar surface area (TPSA) is 104 Å². The first-order chi connectivity index (χ1) is 16.8. The Morgan fingerprint density at radius 2 is 1.80 bits per heavy atom. The van der Waals surface area contributed by atoms with Crippen molar-refractivity contribution in [3.63, 3.8) is 0 Å². The van der Waals surface area contributed by atoms with E-state index in [1.54, 1.807) is 12.1 Å². The molecule has 178 valence electrons. The number of rotatable bonds is 5. The number of hydrogen-bond donors (Lipinski definition) is 1. The molecule has 35 heavy (non-hydrogen) atoms. The highest BCUT2D eigenvalue weighted by Crippen LogP contribution is 2.38. The molecule has 0 saturated carbocycles. The molecule has 0 fully saturated rings. The quantitative estimate of drug-likeness (QED) is 0.381. The zero-order valence-corrected chi connectivity index (χ0v) is 18.3. The van der Waals surface area contributed by atoms with E-state index in [4.69, 9.17) is 13.9 Å². The maximum Gasteiger partial charge on any atom is 0.434 e. The van der Waals surface area contributed by atoms with E-state index >= 15 is 0 Å². The summed E-state index contributed by atoms with van der Waals surface area (Å²) in [6, 6.07) is 13.0. The zero-order valence-electron chi connectivity index (χ0n) is 18.3. The number of carbonyl (C=O) groups is 1. The van der Waals surface area contributed by atoms with Crippen LogP contribution in [0.1, 0.15) is 16.1 Å². The summed E-state index contributed by atoms with van der Waals surface area (Å²) in [5, 5.41) is 15.1. The van der Waals surface area contributed by atoms with Gasteiger partial charge in [0.25, 0.3) is 5.91 Å². The number of carbonyl (C=O) groups excluding carboxylic acids is 1. The van der Waals surface area contributed by atoms with Crippen LogP contribution in [0.3, 0.4) is 0 Å². The molecule has 0 aliphatic heterocycles. The molecule has 5 aromatic rings. The van der Waals surface area contributed by atoms with Crippen LogP contribution in [0.5, 0.6) is 11.6 Å². The normalized spacial score (nSPS) is 11.7. The predicted molar refractivity (Wildman–Crippen MR) is 119 cm³/mol. The Hall–Kier alpha value is -4.61. The predicted octanol–water partition coefficient (Wildman–Crippen LogP) is 4.85. The fourth-order valence-corrected chi connectivity index (χ4v) is 3.70. The van der Waals surface area contributed by atoms with Crippen LogP contribution in [0.15, 0.2) is 59.1 Å². The fourth-order valence-electron chi connectivity index (χ4n) is 3.70. The van der Waals surface area contributed by atoms with Gasteiger partial charge >= 0.3 is 6.18 Å². The minimum atomic E-state index is -4.92. The lowest BCUT2D eigenvalue weighted by Gasteiger charge is -2.13. The highest BCUT2D eigenvalue weighted by molar-refractivity contribution is 6.10. The van der Waals surface area contributed by atoms with Crippen molar-refractivity contribution in [3.8, 4) is 17.4 Å². The number of para-hydroxylation sites is 1. The number of benzene rings is 2. The number of anilines is 1. The van der Waals surface area contributed by atoms with Crippen LogP contribution in [0.4, 0.5) is 18.9 Å². The molecule has 0 saturated heterocycles. The number of nitrogens with zero attached hydrogens (tertiary/aromatic N) is 4. The molecule has 12 heteroatoms. The second-order valence-electron chi connectivity index (χ2n) is 7.35. The Labute approximate surface area is 195 Å². The van der Waals surface area contributed by atoms with Gasteiger partial charge in [-0.2, -0.15) is 18.3 Å². The Kier molecular flexibility index (Phi) is 5.27. The standard InChI is InChI=1S/C23H16F3N5O4/c1-33-18-9-13-12-5-3-4-6-16(12)35-17(13)10-15(18)28-22(32)14-11-27-31(21(14)23(24,25)26)19-7-8-20(34-2)30-29-19/h3-11H,1-2H3,(H,28,32). The summed E-state index contributed by atoms with van der Waals surface area (Å²) < 4.78 is 58.5. The fraction of sp³-hybridized carbons (Fsp3) is 0.130. The van der Waals surface area contributed by atoms with Gasteiger partial charge in [-0.1, -0.05) is 18.2 Å². The van der Waals surface area contributed by atoms with Crippen LogP contribution in [0, 0.1) is 0 Å². The molecule has 3 heterocycles. The number of amides is 1. The van der Waals surface area contributed by atoms with Crippen LogP contribution in [-0.2, 0) is 6.18 Å². The van der Waals surface area contributed by atoms with E-state index in [0.717, 1.165) is 17.0 Å². The zero-order chi connectivity index (χ0) is 24.7. The van der Waals surface area contributed by atoms with Crippen molar-refractivity contribution in [1.29, 1.82) is 0 Å². The number of methoxy groups -OCH3 is 2. The van der Waals surface area contributed by atoms with Gasteiger partial charge in [-0.3, -0.25) is 4.79 Å². The first kappa shape index (κ1) is 22.2. The molecule has 0 radical (unpaired) electrons. The van der Waals surface area contributed by atoms with Crippen molar-refractivity contribution in [2.24, 2.45) is 0 Å². The molecule has 3 aromatic heterocycles. The molecule has 1 N–H and O–H groups in total. The third-order valence-electron chi connectivity index (χ3n) is 5.28. The van der Waals surface area contributed by atoms with E-state index < -0.39 is 23.3 Å². The van der Waals surface area contributed by atoms with Crippen molar-refractivity contribution < 1.29 is 31.9 Å². The Bertz CT molecular complexity index is 1560. The van der Waals surface area contributed by atoms with Gasteiger partial charge in [-0.25, -0.2) is 4.68 Å². The van der Waals surface area contributed by atoms with Crippen LogP contribution in [-0.4, -0.2) is 40.1 Å². The molecule has 0 unspecified atom stereocenters. The van der Waals surface area contributed by atoms with Crippen molar-refractivity contribution in [1.82, 2.24) is 20.0 Å². The molecule has 9 nitrogen and oxygen atoms in total. The van der Waals surface area contributed by atoms with Crippen molar-refractivity contribution in [3.05, 3.63) is 66.0 Å². The molecular weight excluding hydrogens is 467 g/mol. The van der Waals surface area contributed by atoms with Gasteiger partial charge in [0.15, 0.2) is 11.5 Å². The summed E-state index contributed by atoms with van der Waals surface area (Å²) in [5.41, 5.74) is -0.828. The minimum absolute atomic E-state index is 0.112. The second-order valence-corrected chi connectivity index (χ2v) is 7.35. The first-order valence-corrected chi connectivity index (χ1v) is 10.1. The van der Waals surface area contributed by atoms with E-state index in [0.29, 0.717) is 15.8 Å². The second kappa shape index (κ2) is 8.31. The Balaban J connectivity index is 1.55. The van der Waals surface area contributed by atoms with Crippen molar-refractivity contribution in [2.75, 3.05) is 19.5 Å². The number of nitrogens with one attached hydrogen (secondary N) is 1. The SMILES string of the molecule is COc1ccc(-n2ncc(C(=O)Nc3cc4oc5ccccc5c4cc3OC)c2C(F)(F)F)nn1. The number of aromatic nitrogens is 4. The van der Waals surface area contributed by atoms with Gasteiger partial charge in [0.2, 0.25) is 5.88 Å². The third-order valence-corrected chi connectivity index (χ3v) is 5.28. The van der Waals surface area contributed by atoms with Gasteiger partial charge in [0.1, 0.15) is 16.9 Å². The lowest BCUT2D eigenvalue weighted by atomic mass is 10.1. The van der Waals surface area contributed by atoms with E-state index in [1.807, 2.05) is 18.2 Å². The maximum absolute atomic E-state index is 14.0. The van der Waals surface area contributed by atoms with Crippen molar-refractivity contribution >= 4 is 33.5 Å². The Morgan fingerprint density at radius 3 is 2.49 bits per heavy atom. The highest BCUT2D eigenvalue weighted by atomic mass is 19.4. The molecule has 5 rings (SSSR count). The smallest absolute Gasteiger partial charge is 0.434 e. The monoisotopic (exact) mass is 483 g/mol. The molecule has 0 aliphatic rings. The van der Waals surface area contributed by atoms with Gasteiger partial charge in [-0.05, 0) is 18.2 Å². The molecule has 0 bridgehead atoms. The highest BCUT2D eigenvalue weighted by Gasteiger charge is 2.41. The molecule has 0 spiro atoms. The summed E-state index contributed by atoms with van der Waals surface area (Å²) in [4.78, 5) is 13.0. The lowest BCUT2D eigenvalue weighted by Crippen LogP contribution is -2.21. The average molecular weight is 483 g/mol. The van der Waals surface area contributed by atoms with Crippen LogP contribution in [0.25, 0.3) is 27.8 Å².